The summed E-state index contributed by atoms with van der Waals surface area (Å²) in [5.41, 5.74) is 2.42. The van der Waals surface area contributed by atoms with Crippen LogP contribution in [0, 0.1) is 0 Å². The van der Waals surface area contributed by atoms with Gasteiger partial charge in [-0.1, -0.05) is 60.7 Å². The van der Waals surface area contributed by atoms with Crippen LogP contribution in [0.15, 0.2) is 72.3 Å². The SMILES string of the molecule is C/C(=C/C(=O)OCCc1ccccc1)C(=O)OCCc1ccccc1. The number of hydrogen-bond acceptors (Lipinski definition) is 4. The van der Waals surface area contributed by atoms with Crippen molar-refractivity contribution in [3.8, 4) is 0 Å². The van der Waals surface area contributed by atoms with Crippen molar-refractivity contribution in [1.82, 2.24) is 0 Å². The molecule has 0 heterocycles. The zero-order valence-electron chi connectivity index (χ0n) is 14.3. The summed E-state index contributed by atoms with van der Waals surface area (Å²) in [5.74, 6) is -1.04. The average molecular weight is 338 g/mol. The number of ether oxygens (including phenoxy) is 2. The van der Waals surface area contributed by atoms with Gasteiger partial charge in [-0.2, -0.15) is 0 Å². The van der Waals surface area contributed by atoms with Crippen molar-refractivity contribution >= 4 is 11.9 Å². The average Bonchev–Trinajstić information content (AvgIpc) is 2.63. The third-order valence-corrected chi connectivity index (χ3v) is 3.60. The normalized spacial score (nSPS) is 11.0. The molecule has 0 spiro atoms. The minimum absolute atomic E-state index is 0.234. The molecule has 0 aromatic heterocycles. The highest BCUT2D eigenvalue weighted by Gasteiger charge is 2.09. The van der Waals surface area contributed by atoms with Gasteiger partial charge in [0.2, 0.25) is 0 Å². The van der Waals surface area contributed by atoms with Gasteiger partial charge >= 0.3 is 11.9 Å². The Kier molecular flexibility index (Phi) is 7.44. The second-order valence-electron chi connectivity index (χ2n) is 5.60. The maximum absolute atomic E-state index is 11.9. The molecule has 0 radical (unpaired) electrons. The molecule has 0 saturated heterocycles. The van der Waals surface area contributed by atoms with Gasteiger partial charge in [0.15, 0.2) is 0 Å². The van der Waals surface area contributed by atoms with Crippen molar-refractivity contribution in [3.05, 3.63) is 83.4 Å². The Morgan fingerprint density at radius 2 is 1.28 bits per heavy atom. The standard InChI is InChI=1S/C21H22O4/c1-17(21(23)25-15-13-19-10-6-3-7-11-19)16-20(22)24-14-12-18-8-4-2-5-9-18/h2-11,16H,12-15H2,1H3/b17-16-. The van der Waals surface area contributed by atoms with Crippen molar-refractivity contribution in [1.29, 1.82) is 0 Å². The lowest BCUT2D eigenvalue weighted by molar-refractivity contribution is -0.141. The molecule has 0 unspecified atom stereocenters. The highest BCUT2D eigenvalue weighted by Crippen LogP contribution is 2.04. The van der Waals surface area contributed by atoms with Crippen molar-refractivity contribution in [2.75, 3.05) is 13.2 Å². The van der Waals surface area contributed by atoms with Crippen molar-refractivity contribution in [2.24, 2.45) is 0 Å². The van der Waals surface area contributed by atoms with Gasteiger partial charge < -0.3 is 9.47 Å². The lowest BCUT2D eigenvalue weighted by atomic mass is 10.2. The second kappa shape index (κ2) is 10.1. The molecule has 130 valence electrons. The number of carbonyl (C=O) groups is 2. The highest BCUT2D eigenvalue weighted by molar-refractivity contribution is 5.95. The lowest BCUT2D eigenvalue weighted by Crippen LogP contribution is -2.12. The van der Waals surface area contributed by atoms with Gasteiger partial charge in [0.25, 0.3) is 0 Å². The van der Waals surface area contributed by atoms with Crippen LogP contribution in [-0.4, -0.2) is 25.2 Å². The van der Waals surface area contributed by atoms with Crippen LogP contribution < -0.4 is 0 Å². The highest BCUT2D eigenvalue weighted by atomic mass is 16.5. The molecular formula is C21H22O4. The fraction of sp³-hybridized carbons (Fsp3) is 0.238. The Morgan fingerprint density at radius 1 is 0.800 bits per heavy atom. The number of carbonyl (C=O) groups excluding carboxylic acids is 2. The molecule has 0 amide bonds. The third kappa shape index (κ3) is 7.04. The maximum Gasteiger partial charge on any atom is 0.333 e. The summed E-state index contributed by atoms with van der Waals surface area (Å²) in [5, 5.41) is 0. The number of rotatable bonds is 8. The molecule has 0 fully saturated rings. The summed E-state index contributed by atoms with van der Waals surface area (Å²) in [7, 11) is 0. The van der Waals surface area contributed by atoms with E-state index >= 15 is 0 Å². The summed E-state index contributed by atoms with van der Waals surface area (Å²) in [6, 6.07) is 19.5. The van der Waals surface area contributed by atoms with Crippen molar-refractivity contribution in [3.63, 3.8) is 0 Å². The lowest BCUT2D eigenvalue weighted by Gasteiger charge is -2.06. The van der Waals surface area contributed by atoms with Gasteiger partial charge in [-0.3, -0.25) is 0 Å². The molecule has 0 aliphatic rings. The Morgan fingerprint density at radius 3 is 1.80 bits per heavy atom. The predicted octanol–water partition coefficient (Wildman–Crippen LogP) is 3.50. The molecule has 4 nitrogen and oxygen atoms in total. The molecule has 0 aliphatic heterocycles. The molecule has 25 heavy (non-hydrogen) atoms. The molecule has 2 rings (SSSR count). The van der Waals surface area contributed by atoms with Crippen LogP contribution in [-0.2, 0) is 31.9 Å². The van der Waals surface area contributed by atoms with Crippen molar-refractivity contribution in [2.45, 2.75) is 19.8 Å². The Balaban J connectivity index is 1.69. The quantitative estimate of drug-likeness (QED) is 0.546. The fourth-order valence-electron chi connectivity index (χ4n) is 2.21. The first-order valence-corrected chi connectivity index (χ1v) is 8.25. The predicted molar refractivity (Wildman–Crippen MR) is 96.0 cm³/mol. The van der Waals surface area contributed by atoms with Crippen LogP contribution in [0.4, 0.5) is 0 Å². The van der Waals surface area contributed by atoms with Gasteiger partial charge in [-0.05, 0) is 18.1 Å². The summed E-state index contributed by atoms with van der Waals surface area (Å²) in [4.78, 5) is 23.6. The fourth-order valence-corrected chi connectivity index (χ4v) is 2.21. The topological polar surface area (TPSA) is 52.6 Å². The summed E-state index contributed by atoms with van der Waals surface area (Å²) in [6.07, 6.45) is 2.46. The first-order valence-electron chi connectivity index (χ1n) is 8.25. The van der Waals surface area contributed by atoms with E-state index in [1.54, 1.807) is 6.92 Å². The third-order valence-electron chi connectivity index (χ3n) is 3.60. The number of benzene rings is 2. The number of hydrogen-bond donors (Lipinski definition) is 0. The van der Waals surface area contributed by atoms with Crippen molar-refractivity contribution < 1.29 is 19.1 Å². The van der Waals surface area contributed by atoms with E-state index in [2.05, 4.69) is 0 Å². The molecule has 2 aromatic carbocycles. The molecule has 0 atom stereocenters. The van der Waals surface area contributed by atoms with Gasteiger partial charge in [0, 0.05) is 24.5 Å². The van der Waals surface area contributed by atoms with Crippen LogP contribution in [0.5, 0.6) is 0 Å². The smallest absolute Gasteiger partial charge is 0.333 e. The summed E-state index contributed by atoms with van der Waals surface area (Å²) >= 11 is 0. The maximum atomic E-state index is 11.9. The largest absolute Gasteiger partial charge is 0.462 e. The zero-order valence-corrected chi connectivity index (χ0v) is 14.3. The van der Waals surface area contributed by atoms with E-state index in [-0.39, 0.29) is 18.8 Å². The molecule has 0 bridgehead atoms. The van der Waals surface area contributed by atoms with E-state index < -0.39 is 11.9 Å². The summed E-state index contributed by atoms with van der Waals surface area (Å²) < 4.78 is 10.3. The van der Waals surface area contributed by atoms with E-state index in [0.29, 0.717) is 12.8 Å². The van der Waals surface area contributed by atoms with Gasteiger partial charge in [0.05, 0.1) is 13.2 Å². The Hall–Kier alpha value is -2.88. The Labute approximate surface area is 148 Å². The van der Waals surface area contributed by atoms with Gasteiger partial charge in [-0.25, -0.2) is 9.59 Å². The minimum atomic E-state index is -0.534. The van der Waals surface area contributed by atoms with E-state index in [1.807, 2.05) is 60.7 Å². The molecule has 4 heteroatoms. The van der Waals surface area contributed by atoms with E-state index in [1.165, 1.54) is 6.08 Å². The van der Waals surface area contributed by atoms with Crippen LogP contribution in [0.25, 0.3) is 0 Å². The monoisotopic (exact) mass is 338 g/mol. The zero-order chi connectivity index (χ0) is 17.9. The van der Waals surface area contributed by atoms with Crippen LogP contribution in [0.3, 0.4) is 0 Å². The van der Waals surface area contributed by atoms with E-state index in [4.69, 9.17) is 9.47 Å². The molecule has 0 aliphatic carbocycles. The first-order chi connectivity index (χ1) is 12.1. The summed E-state index contributed by atoms with van der Waals surface area (Å²) in [6.45, 7) is 2.09. The molecular weight excluding hydrogens is 316 g/mol. The van der Waals surface area contributed by atoms with Gasteiger partial charge in [0.1, 0.15) is 0 Å². The van der Waals surface area contributed by atoms with Gasteiger partial charge in [-0.15, -0.1) is 0 Å². The molecule has 0 N–H and O–H groups in total. The molecule has 2 aromatic rings. The van der Waals surface area contributed by atoms with Crippen LogP contribution in [0.1, 0.15) is 18.1 Å². The van der Waals surface area contributed by atoms with E-state index in [9.17, 15) is 9.59 Å². The first kappa shape index (κ1) is 18.5. The second-order valence-corrected chi connectivity index (χ2v) is 5.60. The minimum Gasteiger partial charge on any atom is -0.462 e. The van der Waals surface area contributed by atoms with Crippen LogP contribution in [0.2, 0.25) is 0 Å². The molecule has 0 saturated carbocycles. The van der Waals surface area contributed by atoms with Crippen LogP contribution >= 0.6 is 0 Å². The number of esters is 2. The van der Waals surface area contributed by atoms with E-state index in [0.717, 1.165) is 11.1 Å². The Bertz CT molecular complexity index is 705.